The van der Waals surface area contributed by atoms with E-state index >= 15 is 0 Å². The highest BCUT2D eigenvalue weighted by Gasteiger charge is 2.71. The van der Waals surface area contributed by atoms with Crippen LogP contribution in [0.1, 0.15) is 56.9 Å². The molecule has 7 nitrogen and oxygen atoms in total. The number of benzene rings is 1. The maximum atomic E-state index is 13.6. The number of rotatable bonds is 3. The zero-order valence-electron chi connectivity index (χ0n) is 20.6. The van der Waals surface area contributed by atoms with Crippen LogP contribution in [0.4, 0.5) is 13.2 Å². The van der Waals surface area contributed by atoms with Gasteiger partial charge < -0.3 is 24.5 Å². The molecule has 4 atom stereocenters. The minimum atomic E-state index is -4.82. The van der Waals surface area contributed by atoms with E-state index in [1.165, 1.54) is 12.1 Å². The van der Waals surface area contributed by atoms with Gasteiger partial charge in [0.2, 0.25) is 11.8 Å². The van der Waals surface area contributed by atoms with Gasteiger partial charge in [-0.25, -0.2) is 0 Å². The van der Waals surface area contributed by atoms with Crippen molar-refractivity contribution in [3.8, 4) is 23.5 Å². The van der Waals surface area contributed by atoms with Gasteiger partial charge >= 0.3 is 6.18 Å². The Balaban J connectivity index is 1.90. The Morgan fingerprint density at radius 1 is 1.09 bits per heavy atom. The highest BCUT2D eigenvalue weighted by molar-refractivity contribution is 6.74. The monoisotopic (exact) mass is 510 g/mol. The number of nitrogens with zero attached hydrogens (tertiary/aromatic N) is 2. The molecule has 1 aromatic heterocycles. The Labute approximate surface area is 202 Å². The lowest BCUT2D eigenvalue weighted by Gasteiger charge is -2.43. The molecule has 0 spiro atoms. The molecule has 190 valence electrons. The predicted octanol–water partition coefficient (Wildman–Crippen LogP) is 5.00. The van der Waals surface area contributed by atoms with Gasteiger partial charge in [-0.15, -0.1) is 0 Å². The maximum absolute atomic E-state index is 13.6. The molecule has 0 saturated carbocycles. The maximum Gasteiger partial charge on any atom is 0.417 e. The average molecular weight is 511 g/mol. The number of alkyl halides is 3. The van der Waals surface area contributed by atoms with E-state index in [1.54, 1.807) is 13.8 Å². The number of aromatic nitrogens is 1. The predicted molar refractivity (Wildman–Crippen MR) is 123 cm³/mol. The number of hydrogen-bond acceptors (Lipinski definition) is 6. The molecule has 0 unspecified atom stereocenters. The third-order valence-electron chi connectivity index (χ3n) is 7.85. The van der Waals surface area contributed by atoms with E-state index in [2.05, 4.69) is 0 Å². The van der Waals surface area contributed by atoms with Crippen LogP contribution < -0.4 is 0 Å². The van der Waals surface area contributed by atoms with Crippen molar-refractivity contribution >= 4 is 8.32 Å². The quantitative estimate of drug-likeness (QED) is 0.502. The number of halogens is 3. The van der Waals surface area contributed by atoms with Crippen molar-refractivity contribution in [3.63, 3.8) is 0 Å². The van der Waals surface area contributed by atoms with Crippen LogP contribution in [0.5, 0.6) is 11.8 Å². The van der Waals surface area contributed by atoms with Gasteiger partial charge in [0.15, 0.2) is 8.32 Å². The van der Waals surface area contributed by atoms with E-state index < -0.39 is 60.8 Å². The molecule has 11 heteroatoms. The minimum Gasteiger partial charge on any atom is -0.494 e. The lowest BCUT2D eigenvalue weighted by atomic mass is 9.76. The Kier molecular flexibility index (Phi) is 5.30. The summed E-state index contributed by atoms with van der Waals surface area (Å²) in [5.41, 5.74) is -4.55. The molecule has 2 bridgehead atoms. The van der Waals surface area contributed by atoms with Crippen LogP contribution in [0.25, 0.3) is 5.69 Å². The summed E-state index contributed by atoms with van der Waals surface area (Å²) in [6.45, 7) is 13.3. The summed E-state index contributed by atoms with van der Waals surface area (Å²) in [5, 5.41) is 42.5. The Morgan fingerprint density at radius 2 is 1.63 bits per heavy atom. The molecule has 2 aliphatic heterocycles. The first kappa shape index (κ1) is 25.6. The normalized spacial score (nSPS) is 28.3. The molecule has 3 N–H and O–H groups in total. The Hall–Kier alpha value is -2.52. The third-order valence-corrected chi connectivity index (χ3v) is 12.3. The molecule has 1 saturated heterocycles. The Bertz CT molecular complexity index is 1260. The van der Waals surface area contributed by atoms with Gasteiger partial charge in [-0.1, -0.05) is 20.8 Å². The summed E-state index contributed by atoms with van der Waals surface area (Å²) in [6, 6.07) is 4.39. The smallest absolute Gasteiger partial charge is 0.417 e. The molecular weight excluding hydrogens is 481 g/mol. The van der Waals surface area contributed by atoms with Gasteiger partial charge in [-0.3, -0.25) is 4.57 Å². The van der Waals surface area contributed by atoms with E-state index in [0.717, 1.165) is 10.6 Å². The first-order chi connectivity index (χ1) is 15.8. The molecular formula is C24H29F3N2O5Si. The summed E-state index contributed by atoms with van der Waals surface area (Å²) in [4.78, 5) is 0. The van der Waals surface area contributed by atoms with E-state index in [4.69, 9.17) is 14.4 Å². The standard InChI is InChI=1S/C24H29F3N2O5Si/c1-21(2,3)35(6,7)33-18-17(30)22(4)15-16(23(18,5)34-22)20(32)29(19(15)31)13-9-8-12(11-28)14(10-13)24(25,26)27/h8-10,17-18,30-32H,1-7H3/t17-,18-,22+,23-/m1/s1. The summed E-state index contributed by atoms with van der Waals surface area (Å²) < 4.78 is 54.3. The first-order valence-corrected chi connectivity index (χ1v) is 14.1. The molecule has 0 aliphatic carbocycles. The van der Waals surface area contributed by atoms with Gasteiger partial charge in [0.25, 0.3) is 0 Å². The van der Waals surface area contributed by atoms with Gasteiger partial charge in [-0.05, 0) is 50.2 Å². The zero-order chi connectivity index (χ0) is 26.5. The van der Waals surface area contributed by atoms with Crippen LogP contribution in [0.15, 0.2) is 18.2 Å². The summed E-state index contributed by atoms with van der Waals surface area (Å²) in [5.74, 6) is -1.07. The fraction of sp³-hybridized carbons (Fsp3) is 0.542. The second-order valence-electron chi connectivity index (χ2n) is 11.1. The number of aliphatic hydroxyl groups is 1. The minimum absolute atomic E-state index is 0.0954. The first-order valence-electron chi connectivity index (χ1n) is 11.2. The third kappa shape index (κ3) is 3.34. The van der Waals surface area contributed by atoms with Crippen molar-refractivity contribution < 1.29 is 37.7 Å². The van der Waals surface area contributed by atoms with Gasteiger partial charge in [0.05, 0.1) is 34.0 Å². The molecule has 2 aliphatic rings. The van der Waals surface area contributed by atoms with Crippen LogP contribution in [-0.4, -0.2) is 40.4 Å². The summed E-state index contributed by atoms with van der Waals surface area (Å²) >= 11 is 0. The lowest BCUT2D eigenvalue weighted by molar-refractivity contribution is -0.137. The van der Waals surface area contributed by atoms with Crippen molar-refractivity contribution in [3.05, 3.63) is 40.5 Å². The largest absolute Gasteiger partial charge is 0.494 e. The zero-order valence-corrected chi connectivity index (χ0v) is 21.6. The number of fused-ring (bicyclic) bond motifs is 5. The van der Waals surface area contributed by atoms with Crippen LogP contribution in [0.2, 0.25) is 18.1 Å². The molecule has 35 heavy (non-hydrogen) atoms. The molecule has 4 rings (SSSR count). The van der Waals surface area contributed by atoms with Crippen molar-refractivity contribution in [1.82, 2.24) is 4.57 Å². The van der Waals surface area contributed by atoms with Crippen molar-refractivity contribution in [1.29, 1.82) is 5.26 Å². The molecule has 3 heterocycles. The van der Waals surface area contributed by atoms with Crippen LogP contribution >= 0.6 is 0 Å². The highest BCUT2D eigenvalue weighted by Crippen LogP contribution is 2.65. The van der Waals surface area contributed by atoms with Crippen LogP contribution in [0, 0.1) is 11.3 Å². The fourth-order valence-electron chi connectivity index (χ4n) is 4.95. The van der Waals surface area contributed by atoms with E-state index in [-0.39, 0.29) is 21.9 Å². The topological polar surface area (TPSA) is 108 Å². The Morgan fingerprint density at radius 3 is 2.11 bits per heavy atom. The number of hydrogen-bond donors (Lipinski definition) is 3. The lowest BCUT2D eigenvalue weighted by Crippen LogP contribution is -2.54. The molecule has 0 radical (unpaired) electrons. The second-order valence-corrected chi connectivity index (χ2v) is 15.9. The summed E-state index contributed by atoms with van der Waals surface area (Å²) in [7, 11) is -2.42. The average Bonchev–Trinajstić information content (AvgIpc) is 3.21. The highest BCUT2D eigenvalue weighted by atomic mass is 28.4. The van der Waals surface area contributed by atoms with Gasteiger partial charge in [-0.2, -0.15) is 18.4 Å². The van der Waals surface area contributed by atoms with Crippen molar-refractivity contribution in [2.45, 2.75) is 82.3 Å². The van der Waals surface area contributed by atoms with Crippen LogP contribution in [-0.2, 0) is 26.5 Å². The van der Waals surface area contributed by atoms with Crippen molar-refractivity contribution in [2.75, 3.05) is 0 Å². The van der Waals surface area contributed by atoms with Gasteiger partial charge in [0.1, 0.15) is 23.4 Å². The van der Waals surface area contributed by atoms with E-state index in [0.29, 0.717) is 6.07 Å². The van der Waals surface area contributed by atoms with Crippen LogP contribution in [0.3, 0.4) is 0 Å². The number of aliphatic hydroxyl groups excluding tert-OH is 1. The second kappa shape index (κ2) is 7.26. The number of nitriles is 1. The number of ether oxygens (including phenoxy) is 1. The van der Waals surface area contributed by atoms with Crippen molar-refractivity contribution in [2.24, 2.45) is 0 Å². The molecule has 2 aromatic rings. The summed E-state index contributed by atoms with van der Waals surface area (Å²) in [6.07, 6.45) is -6.91. The van der Waals surface area contributed by atoms with Gasteiger partial charge in [0, 0.05) is 0 Å². The number of aromatic hydroxyl groups is 2. The SMILES string of the molecule is CC(C)(C)[Si](C)(C)O[C@@H]1[C@@H](O)[C@@]2(C)O[C@]1(C)c1c2c(O)n(-c2ccc(C#N)c(C(F)(F)F)c2)c1O. The molecule has 0 amide bonds. The molecule has 1 aromatic carbocycles. The van der Waals surface area contributed by atoms with E-state index in [9.17, 15) is 28.5 Å². The fourth-order valence-corrected chi connectivity index (χ4v) is 6.29. The molecule has 1 fully saturated rings. The van der Waals surface area contributed by atoms with E-state index in [1.807, 2.05) is 33.9 Å².